The van der Waals surface area contributed by atoms with E-state index in [1.165, 1.54) is 6.20 Å². The monoisotopic (exact) mass is 461 g/mol. The number of hydrogen-bond donors (Lipinski definition) is 2. The summed E-state index contributed by atoms with van der Waals surface area (Å²) in [6, 6.07) is 5.33. The molecule has 162 valence electrons. The van der Waals surface area contributed by atoms with Crippen LogP contribution in [0.2, 0.25) is 10.0 Å². The van der Waals surface area contributed by atoms with Gasteiger partial charge < -0.3 is 20.3 Å². The normalized spacial score (nSPS) is 14.2. The molecule has 0 unspecified atom stereocenters. The molecule has 0 aliphatic carbocycles. The largest absolute Gasteiger partial charge is 0.477 e. The Bertz CT molecular complexity index is 1080. The number of rotatable bonds is 7. The number of carbonyl (C=O) groups is 1. The third kappa shape index (κ3) is 4.73. The molecule has 2 aromatic heterocycles. The van der Waals surface area contributed by atoms with E-state index in [0.29, 0.717) is 34.3 Å². The average molecular weight is 462 g/mol. The fourth-order valence-corrected chi connectivity index (χ4v) is 3.68. The maximum atomic E-state index is 12.8. The summed E-state index contributed by atoms with van der Waals surface area (Å²) in [6.45, 7) is 4.06. The number of likely N-dealkylation sites (tertiary alicyclic amines) is 1. The Morgan fingerprint density at radius 3 is 2.68 bits per heavy atom. The molecule has 1 fully saturated rings. The van der Waals surface area contributed by atoms with Gasteiger partial charge >= 0.3 is 0 Å². The van der Waals surface area contributed by atoms with Crippen LogP contribution in [0.25, 0.3) is 0 Å². The van der Waals surface area contributed by atoms with Gasteiger partial charge in [-0.1, -0.05) is 29.3 Å². The van der Waals surface area contributed by atoms with Crippen LogP contribution in [0.15, 0.2) is 36.8 Å². The second-order valence-electron chi connectivity index (χ2n) is 7.11. The Kier molecular flexibility index (Phi) is 6.26. The van der Waals surface area contributed by atoms with E-state index >= 15 is 0 Å². The van der Waals surface area contributed by atoms with Gasteiger partial charge in [0.05, 0.1) is 40.3 Å². The Morgan fingerprint density at radius 1 is 1.26 bits per heavy atom. The van der Waals surface area contributed by atoms with Crippen LogP contribution in [0.5, 0.6) is 5.88 Å². The molecule has 2 N–H and O–H groups in total. The Morgan fingerprint density at radius 2 is 2.00 bits per heavy atom. The number of benzene rings is 1. The minimum absolute atomic E-state index is 0.147. The fourth-order valence-electron chi connectivity index (χ4n) is 3.19. The van der Waals surface area contributed by atoms with Gasteiger partial charge in [0.25, 0.3) is 5.91 Å². The molecule has 0 spiro atoms. The van der Waals surface area contributed by atoms with Crippen LogP contribution in [0, 0.1) is 0 Å². The molecule has 1 saturated heterocycles. The zero-order valence-corrected chi connectivity index (χ0v) is 18.5. The number of halogens is 2. The van der Waals surface area contributed by atoms with E-state index in [9.17, 15) is 4.79 Å². The molecule has 9 nitrogen and oxygen atoms in total. The van der Waals surface area contributed by atoms with Gasteiger partial charge in [-0.15, -0.1) is 0 Å². The van der Waals surface area contributed by atoms with Crippen molar-refractivity contribution >= 4 is 46.4 Å². The Balaban J connectivity index is 1.52. The van der Waals surface area contributed by atoms with Crippen molar-refractivity contribution in [3.05, 3.63) is 52.4 Å². The van der Waals surface area contributed by atoms with Gasteiger partial charge in [0, 0.05) is 25.5 Å². The summed E-state index contributed by atoms with van der Waals surface area (Å²) in [5.41, 5.74) is 1.23. The van der Waals surface area contributed by atoms with Gasteiger partial charge in [0.1, 0.15) is 5.56 Å². The summed E-state index contributed by atoms with van der Waals surface area (Å²) in [7, 11) is 2.07. The number of para-hydroxylation sites is 1. The van der Waals surface area contributed by atoms with Crippen molar-refractivity contribution in [1.82, 2.24) is 24.6 Å². The summed E-state index contributed by atoms with van der Waals surface area (Å²) in [5, 5.41) is 10.8. The molecule has 1 aliphatic heterocycles. The maximum Gasteiger partial charge on any atom is 0.262 e. The average Bonchev–Trinajstić information content (AvgIpc) is 3.16. The first-order valence-electron chi connectivity index (χ1n) is 9.69. The molecule has 4 rings (SSSR count). The number of anilines is 3. The summed E-state index contributed by atoms with van der Waals surface area (Å²) in [4.78, 5) is 23.6. The molecule has 0 atom stereocenters. The molecule has 1 aliphatic rings. The van der Waals surface area contributed by atoms with Crippen molar-refractivity contribution in [3.8, 4) is 5.88 Å². The molecule has 3 aromatic rings. The first kappa shape index (κ1) is 21.4. The molecule has 0 radical (unpaired) electrons. The molecule has 0 saturated carbocycles. The third-order valence-corrected chi connectivity index (χ3v) is 5.39. The molecule has 3 heterocycles. The van der Waals surface area contributed by atoms with E-state index in [1.54, 1.807) is 24.4 Å². The number of amides is 1. The van der Waals surface area contributed by atoms with Crippen LogP contribution < -0.4 is 15.4 Å². The van der Waals surface area contributed by atoms with Gasteiger partial charge in [0.15, 0.2) is 0 Å². The summed E-state index contributed by atoms with van der Waals surface area (Å²) in [5.74, 6) is -0.0401. The highest BCUT2D eigenvalue weighted by Gasteiger charge is 2.25. The van der Waals surface area contributed by atoms with E-state index in [0.717, 1.165) is 18.8 Å². The Hall–Kier alpha value is -2.88. The van der Waals surface area contributed by atoms with Crippen LogP contribution >= 0.6 is 23.2 Å². The smallest absolute Gasteiger partial charge is 0.262 e. The van der Waals surface area contributed by atoms with E-state index < -0.39 is 5.91 Å². The zero-order valence-electron chi connectivity index (χ0n) is 17.0. The third-order valence-electron chi connectivity index (χ3n) is 4.76. The van der Waals surface area contributed by atoms with Crippen molar-refractivity contribution in [3.63, 3.8) is 0 Å². The lowest BCUT2D eigenvalue weighted by atomic mass is 10.1. The lowest BCUT2D eigenvalue weighted by Crippen LogP contribution is -2.45. The van der Waals surface area contributed by atoms with Crippen LogP contribution in [0.3, 0.4) is 0 Å². The van der Waals surface area contributed by atoms with Crippen molar-refractivity contribution in [2.24, 2.45) is 0 Å². The van der Waals surface area contributed by atoms with Crippen LogP contribution in [0.4, 0.5) is 17.3 Å². The topological polar surface area (TPSA) is 97.2 Å². The Labute approximate surface area is 189 Å². The van der Waals surface area contributed by atoms with E-state index in [1.807, 2.05) is 17.8 Å². The molecule has 11 heteroatoms. The van der Waals surface area contributed by atoms with E-state index in [-0.39, 0.29) is 11.4 Å². The predicted octanol–water partition coefficient (Wildman–Crippen LogP) is 3.86. The lowest BCUT2D eigenvalue weighted by molar-refractivity contribution is 0.102. The molecule has 0 bridgehead atoms. The van der Waals surface area contributed by atoms with Crippen LogP contribution in [0.1, 0.15) is 23.3 Å². The lowest BCUT2D eigenvalue weighted by Gasteiger charge is -2.36. The highest BCUT2D eigenvalue weighted by atomic mass is 35.5. The molecular formula is C20H21Cl2N7O2. The number of nitrogens with zero attached hydrogens (tertiary/aromatic N) is 5. The second kappa shape index (κ2) is 9.09. The minimum Gasteiger partial charge on any atom is -0.477 e. The second-order valence-corrected chi connectivity index (χ2v) is 7.92. The molecule has 1 amide bonds. The molecule has 31 heavy (non-hydrogen) atoms. The van der Waals surface area contributed by atoms with Gasteiger partial charge in [-0.2, -0.15) is 10.1 Å². The fraction of sp³-hybridized carbons (Fsp3) is 0.300. The molecule has 1 aromatic carbocycles. The van der Waals surface area contributed by atoms with Gasteiger partial charge in [-0.3, -0.25) is 9.48 Å². The van der Waals surface area contributed by atoms with Crippen molar-refractivity contribution < 1.29 is 9.53 Å². The number of nitrogens with one attached hydrogen (secondary N) is 2. The number of likely N-dealkylation sites (N-methyl/N-ethyl adjacent to an activating group) is 1. The van der Waals surface area contributed by atoms with Crippen molar-refractivity contribution in [1.29, 1.82) is 0 Å². The summed E-state index contributed by atoms with van der Waals surface area (Å²) in [6.07, 6.45) is 5.01. The van der Waals surface area contributed by atoms with Crippen molar-refractivity contribution in [2.45, 2.75) is 13.0 Å². The van der Waals surface area contributed by atoms with Gasteiger partial charge in [-0.05, 0) is 26.1 Å². The number of aromatic nitrogens is 4. The van der Waals surface area contributed by atoms with Gasteiger partial charge in [-0.25, -0.2) is 4.98 Å². The zero-order chi connectivity index (χ0) is 22.0. The quantitative estimate of drug-likeness (QED) is 0.550. The van der Waals surface area contributed by atoms with Crippen LogP contribution in [-0.2, 0) is 0 Å². The number of carbonyl (C=O) groups excluding carboxylic acids is 1. The predicted molar refractivity (Wildman–Crippen MR) is 120 cm³/mol. The van der Waals surface area contributed by atoms with Gasteiger partial charge in [0.2, 0.25) is 11.8 Å². The summed E-state index contributed by atoms with van der Waals surface area (Å²) >= 11 is 12.3. The maximum absolute atomic E-state index is 12.8. The van der Waals surface area contributed by atoms with E-state index in [4.69, 9.17) is 27.9 Å². The summed E-state index contributed by atoms with van der Waals surface area (Å²) < 4.78 is 7.49. The number of hydrogen-bond acceptors (Lipinski definition) is 7. The van der Waals surface area contributed by atoms with Crippen LogP contribution in [-0.4, -0.2) is 57.3 Å². The standard InChI is InChI=1S/C20H21Cl2N7O2/c1-3-31-19-14(18(30)26-17-15(21)5-4-6-16(17)22)8-23-20(27-19)25-12-7-24-29(9-12)13-10-28(2)11-13/h4-9,13H,3,10-11H2,1-2H3,(H,26,30)(H,23,25,27). The highest BCUT2D eigenvalue weighted by molar-refractivity contribution is 6.40. The highest BCUT2D eigenvalue weighted by Crippen LogP contribution is 2.31. The minimum atomic E-state index is -0.480. The SMILES string of the molecule is CCOc1nc(Nc2cnn(C3CN(C)C3)c2)ncc1C(=O)Nc1c(Cl)cccc1Cl. The first-order chi connectivity index (χ1) is 14.9. The van der Waals surface area contributed by atoms with E-state index in [2.05, 4.69) is 37.6 Å². The first-order valence-corrected chi connectivity index (χ1v) is 10.4. The number of ether oxygens (including phenoxy) is 1. The molecular weight excluding hydrogens is 441 g/mol. The van der Waals surface area contributed by atoms with Crippen molar-refractivity contribution in [2.75, 3.05) is 37.4 Å².